The van der Waals surface area contributed by atoms with Crippen LogP contribution in [0.4, 0.5) is 0 Å². The summed E-state index contributed by atoms with van der Waals surface area (Å²) in [5.74, 6) is -5.47. The fraction of sp³-hybridized carbons (Fsp3) is 0.509. The van der Waals surface area contributed by atoms with Gasteiger partial charge >= 0.3 is 0 Å². The summed E-state index contributed by atoms with van der Waals surface area (Å²) in [5.41, 5.74) is 8.80. The van der Waals surface area contributed by atoms with Gasteiger partial charge in [-0.25, -0.2) is 4.99 Å². The molecule has 2 heterocycles. The Balaban J connectivity index is 1.32. The molecule has 2 aliphatic heterocycles. The number of hydrogen-bond donors (Lipinski definition) is 8. The van der Waals surface area contributed by atoms with Gasteiger partial charge in [-0.05, 0) is 102 Å². The van der Waals surface area contributed by atoms with Crippen molar-refractivity contribution >= 4 is 53.5 Å². The average Bonchev–Trinajstić information content (AvgIpc) is 4.05. The fourth-order valence-electron chi connectivity index (χ4n) is 9.27. The van der Waals surface area contributed by atoms with Gasteiger partial charge in [-0.3, -0.25) is 38.4 Å². The number of rotatable bonds is 22. The van der Waals surface area contributed by atoms with E-state index in [1.165, 1.54) is 28.2 Å². The van der Waals surface area contributed by atoms with E-state index < -0.39 is 102 Å². The van der Waals surface area contributed by atoms with E-state index in [0.717, 1.165) is 11.1 Å². The standard InChI is InChI=1S/C55H77N11O8/c1-11-31(3)46(63-48(67)35(7)57-9)54(73)65-29-37(23-44(65)52(71)60-33(5)38-19-15-13-16-20-38)28-59-50(69)40-24-41(26-42(56)25-40)51(70)62-43-27-45(53(72)61-34(6)39-21-17-14-18-22-39)66(30-43)55(74)47(32(4)12-2)64-49(68)36(8)58-10/h13-22,25-26,28,31,33-37,41,43-47,57-58H,4,11-12,23-24,27,29-30,56H2,1-3,5-10H3,(H,60,71)(H,61,72)(H,62,70)(H,63,67)(H,64,68)/t31-,33-,34-,35+,36+,37?,41?,43?,44?,45+,46+,47+/m1/s1. The van der Waals surface area contributed by atoms with Crippen molar-refractivity contribution in [3.05, 3.63) is 107 Å². The van der Waals surface area contributed by atoms with Crippen LogP contribution < -0.4 is 43.0 Å². The molecule has 5 rings (SSSR count). The first-order valence-corrected chi connectivity index (χ1v) is 25.7. The maximum atomic E-state index is 14.5. The lowest BCUT2D eigenvalue weighted by Gasteiger charge is -2.32. The lowest BCUT2D eigenvalue weighted by atomic mass is 9.91. The molecular formula is C55H77N11O8. The molecule has 8 amide bonds. The quantitative estimate of drug-likeness (QED) is 0.0628. The number of nitrogens with two attached hydrogens (primary N) is 1. The fourth-order valence-corrected chi connectivity index (χ4v) is 9.27. The van der Waals surface area contributed by atoms with E-state index in [1.54, 1.807) is 27.9 Å². The topological polar surface area (TPSA) is 266 Å². The molecule has 3 aliphatic rings. The minimum Gasteiger partial charge on any atom is -0.399 e. The summed E-state index contributed by atoms with van der Waals surface area (Å²) in [6.45, 7) is 16.7. The third-order valence-corrected chi connectivity index (χ3v) is 14.5. The van der Waals surface area contributed by atoms with Crippen LogP contribution in [0.1, 0.15) is 104 Å². The highest BCUT2D eigenvalue weighted by atomic mass is 16.2. The second-order valence-corrected chi connectivity index (χ2v) is 19.8. The minimum atomic E-state index is -1.14. The molecule has 0 bridgehead atoms. The molecular weight excluding hydrogens is 943 g/mol. The molecule has 19 nitrogen and oxygen atoms in total. The number of carbonyl (C=O) groups is 8. The van der Waals surface area contributed by atoms with Crippen LogP contribution in [0.5, 0.6) is 0 Å². The smallest absolute Gasteiger partial charge is 0.272 e. The molecule has 2 fully saturated rings. The number of likely N-dealkylation sites (N-methyl/N-ethyl adjacent to an activating group) is 2. The Morgan fingerprint density at radius 3 is 1.77 bits per heavy atom. The van der Waals surface area contributed by atoms with Crippen molar-refractivity contribution in [3.8, 4) is 0 Å². The summed E-state index contributed by atoms with van der Waals surface area (Å²) < 4.78 is 0. The van der Waals surface area contributed by atoms with Crippen molar-refractivity contribution in [2.75, 3.05) is 27.2 Å². The molecule has 12 atom stereocenters. The second-order valence-electron chi connectivity index (χ2n) is 19.8. The minimum absolute atomic E-state index is 0.0454. The first kappa shape index (κ1) is 57.9. The number of nitrogens with zero attached hydrogens (tertiary/aromatic N) is 3. The second kappa shape index (κ2) is 26.8. The van der Waals surface area contributed by atoms with Crippen LogP contribution in [0.15, 0.2) is 101 Å². The maximum Gasteiger partial charge on any atom is 0.272 e. The van der Waals surface area contributed by atoms with Gasteiger partial charge in [-0.1, -0.05) is 94.4 Å². The molecule has 19 heteroatoms. The summed E-state index contributed by atoms with van der Waals surface area (Å²) in [7, 11) is 3.27. The molecule has 0 saturated carbocycles. The molecule has 400 valence electrons. The lowest BCUT2D eigenvalue weighted by Crippen LogP contribution is -2.57. The number of benzene rings is 2. The first-order chi connectivity index (χ1) is 35.2. The number of amides is 8. The van der Waals surface area contributed by atoms with Crippen molar-refractivity contribution in [1.82, 2.24) is 47.0 Å². The van der Waals surface area contributed by atoms with Gasteiger partial charge in [0.2, 0.25) is 41.4 Å². The van der Waals surface area contributed by atoms with Crippen LogP contribution in [0.2, 0.25) is 0 Å². The van der Waals surface area contributed by atoms with E-state index in [2.05, 4.69) is 48.8 Å². The Morgan fingerprint density at radius 2 is 1.24 bits per heavy atom. The summed E-state index contributed by atoms with van der Waals surface area (Å²) in [6, 6.07) is 12.0. The van der Waals surface area contributed by atoms with Crippen LogP contribution in [0.25, 0.3) is 0 Å². The Morgan fingerprint density at radius 1 is 0.716 bits per heavy atom. The van der Waals surface area contributed by atoms with E-state index in [4.69, 9.17) is 5.73 Å². The van der Waals surface area contributed by atoms with Gasteiger partial charge in [-0.2, -0.15) is 0 Å². The van der Waals surface area contributed by atoms with Gasteiger partial charge < -0.3 is 52.8 Å². The van der Waals surface area contributed by atoms with E-state index in [1.807, 2.05) is 95.3 Å². The lowest BCUT2D eigenvalue weighted by molar-refractivity contribution is -0.143. The number of allylic oxidation sites excluding steroid dienone is 1. The van der Waals surface area contributed by atoms with Crippen LogP contribution in [0.3, 0.4) is 0 Å². The van der Waals surface area contributed by atoms with Crippen molar-refractivity contribution in [2.45, 2.75) is 135 Å². The summed E-state index contributed by atoms with van der Waals surface area (Å²) in [5, 5.41) is 20.5. The number of carbonyl (C=O) groups excluding carboxylic acids is 8. The monoisotopic (exact) mass is 1020 g/mol. The Bertz CT molecular complexity index is 2460. The van der Waals surface area contributed by atoms with E-state index in [9.17, 15) is 38.4 Å². The molecule has 0 aromatic heterocycles. The molecule has 9 N–H and O–H groups in total. The highest BCUT2D eigenvalue weighted by molar-refractivity contribution is 6.01. The predicted molar refractivity (Wildman–Crippen MR) is 283 cm³/mol. The van der Waals surface area contributed by atoms with Gasteiger partial charge in [0.15, 0.2) is 0 Å². The van der Waals surface area contributed by atoms with Crippen LogP contribution >= 0.6 is 0 Å². The maximum absolute atomic E-state index is 14.5. The van der Waals surface area contributed by atoms with Crippen molar-refractivity contribution < 1.29 is 38.4 Å². The molecule has 2 saturated heterocycles. The highest BCUT2D eigenvalue weighted by Crippen LogP contribution is 2.29. The zero-order valence-electron chi connectivity index (χ0n) is 44.3. The number of nitrogens with one attached hydrogen (secondary N) is 7. The molecule has 74 heavy (non-hydrogen) atoms. The summed E-state index contributed by atoms with van der Waals surface area (Å²) in [6.07, 6.45) is 5.49. The molecule has 0 spiro atoms. The Hall–Kier alpha value is -6.99. The van der Waals surface area contributed by atoms with Gasteiger partial charge in [-0.15, -0.1) is 0 Å². The van der Waals surface area contributed by atoms with Gasteiger partial charge in [0.05, 0.1) is 30.1 Å². The Labute approximate surface area is 435 Å². The number of likely N-dealkylation sites (tertiary alicyclic amines) is 2. The third-order valence-electron chi connectivity index (χ3n) is 14.5. The molecule has 1 aliphatic carbocycles. The van der Waals surface area contributed by atoms with E-state index >= 15 is 0 Å². The molecule has 2 aromatic rings. The van der Waals surface area contributed by atoms with Crippen LogP contribution in [-0.2, 0) is 38.4 Å². The van der Waals surface area contributed by atoms with Gasteiger partial charge in [0.25, 0.3) is 5.91 Å². The normalized spacial score (nSPS) is 22.4. The number of hydrogen-bond acceptors (Lipinski definition) is 11. The zero-order chi connectivity index (χ0) is 54.4. The van der Waals surface area contributed by atoms with Gasteiger partial charge in [0, 0.05) is 42.5 Å². The molecule has 0 radical (unpaired) electrons. The van der Waals surface area contributed by atoms with Crippen LogP contribution in [-0.4, -0.2) is 133 Å². The highest BCUT2D eigenvalue weighted by Gasteiger charge is 2.45. The first-order valence-electron chi connectivity index (χ1n) is 25.7. The van der Waals surface area contributed by atoms with E-state index in [-0.39, 0.29) is 61.5 Å². The van der Waals surface area contributed by atoms with Gasteiger partial charge in [0.1, 0.15) is 24.2 Å². The van der Waals surface area contributed by atoms with Crippen molar-refractivity contribution in [2.24, 2.45) is 28.5 Å². The summed E-state index contributed by atoms with van der Waals surface area (Å²) >= 11 is 0. The largest absolute Gasteiger partial charge is 0.399 e. The van der Waals surface area contributed by atoms with E-state index in [0.29, 0.717) is 18.4 Å². The molecule has 2 aromatic carbocycles. The van der Waals surface area contributed by atoms with Crippen molar-refractivity contribution in [1.29, 1.82) is 0 Å². The Kier molecular flexibility index (Phi) is 21.0. The molecule has 4 unspecified atom stereocenters. The van der Waals surface area contributed by atoms with Crippen LogP contribution in [0, 0.1) is 17.8 Å². The van der Waals surface area contributed by atoms with Crippen molar-refractivity contribution in [3.63, 3.8) is 0 Å². The summed E-state index contributed by atoms with van der Waals surface area (Å²) in [4.78, 5) is 118. The zero-order valence-corrected chi connectivity index (χ0v) is 44.3. The third kappa shape index (κ3) is 14.8. The average molecular weight is 1020 g/mol. The predicted octanol–water partition coefficient (Wildman–Crippen LogP) is 2.63. The SMILES string of the molecule is C=C(CC)[C@H](NC(=O)[C@H](C)NC)C(=O)N1CC(NC(=O)C2C=C(N)C=C(C(=O)N=CC3CC(C(=O)N[C@H](C)c4ccccc4)N(C(=O)[C@@H](NC(=O)[C@H](C)NC)[C@H](C)CC)C3)C2)C[C@H]1C(=O)N[C@H](C)c1ccccc1. The number of aliphatic imine (C=N–C) groups is 1.